The Morgan fingerprint density at radius 3 is 2.91 bits per heavy atom. The molecule has 0 aliphatic carbocycles. The Hall–Kier alpha value is -2.60. The molecule has 0 spiro atoms. The van der Waals surface area contributed by atoms with E-state index >= 15 is 0 Å². The van der Waals surface area contributed by atoms with Crippen molar-refractivity contribution in [2.45, 2.75) is 19.1 Å². The highest BCUT2D eigenvalue weighted by Gasteiger charge is 2.38. The van der Waals surface area contributed by atoms with E-state index in [0.29, 0.717) is 12.3 Å². The van der Waals surface area contributed by atoms with E-state index in [9.17, 15) is 4.79 Å². The summed E-state index contributed by atoms with van der Waals surface area (Å²) in [7, 11) is 0. The van der Waals surface area contributed by atoms with Crippen LogP contribution in [-0.4, -0.2) is 29.5 Å². The van der Waals surface area contributed by atoms with E-state index in [0.717, 1.165) is 5.56 Å². The number of ether oxygens (including phenoxy) is 1. The van der Waals surface area contributed by atoms with Gasteiger partial charge in [-0.1, -0.05) is 24.3 Å². The summed E-state index contributed by atoms with van der Waals surface area (Å²) >= 11 is 0. The summed E-state index contributed by atoms with van der Waals surface area (Å²) in [5.41, 5.74) is 7.09. The first-order valence-corrected chi connectivity index (χ1v) is 7.10. The topological polar surface area (TPSA) is 77.2 Å². The van der Waals surface area contributed by atoms with Crippen LogP contribution in [0, 0.1) is 0 Å². The van der Waals surface area contributed by atoms with Crippen LogP contribution < -0.4 is 5.73 Å². The van der Waals surface area contributed by atoms with E-state index in [4.69, 9.17) is 15.3 Å². The Bertz CT molecular complexity index is 666. The number of nitrogens with zero attached hydrogens (tertiary/aromatic N) is 2. The first-order chi connectivity index (χ1) is 10.7. The largest absolute Gasteiger partial charge is 0.491 e. The minimum Gasteiger partial charge on any atom is -0.491 e. The zero-order chi connectivity index (χ0) is 15.5. The summed E-state index contributed by atoms with van der Waals surface area (Å²) in [5.74, 6) is -0.555. The van der Waals surface area contributed by atoms with Gasteiger partial charge in [-0.2, -0.15) is 0 Å². The number of primary amides is 1. The number of hydrogen-bond acceptors (Lipinski definition) is 5. The third kappa shape index (κ3) is 2.48. The van der Waals surface area contributed by atoms with Crippen molar-refractivity contribution in [3.8, 4) is 0 Å². The van der Waals surface area contributed by atoms with Crippen molar-refractivity contribution in [3.63, 3.8) is 0 Å². The van der Waals surface area contributed by atoms with Crippen molar-refractivity contribution in [2.75, 3.05) is 6.61 Å². The van der Waals surface area contributed by atoms with E-state index < -0.39 is 5.91 Å². The van der Waals surface area contributed by atoms with Gasteiger partial charge in [-0.05, 0) is 25.1 Å². The van der Waals surface area contributed by atoms with Crippen LogP contribution in [0.2, 0.25) is 0 Å². The van der Waals surface area contributed by atoms with Crippen LogP contribution in [-0.2, 0) is 14.4 Å². The molecule has 0 fully saturated rings. The predicted octanol–water partition coefficient (Wildman–Crippen LogP) is 1.98. The number of fused-ring (bicyclic) bond motifs is 1. The van der Waals surface area contributed by atoms with Gasteiger partial charge in [0.25, 0.3) is 5.91 Å². The van der Waals surface area contributed by atoms with E-state index in [1.165, 1.54) is 5.06 Å². The molecule has 2 aliphatic heterocycles. The van der Waals surface area contributed by atoms with Crippen molar-refractivity contribution in [3.05, 3.63) is 54.3 Å². The van der Waals surface area contributed by atoms with Crippen LogP contribution in [0.3, 0.4) is 0 Å². The van der Waals surface area contributed by atoms with E-state index in [1.807, 2.05) is 43.3 Å². The van der Waals surface area contributed by atoms with E-state index in [1.54, 1.807) is 12.3 Å². The average Bonchev–Trinajstić information content (AvgIpc) is 2.55. The van der Waals surface area contributed by atoms with Crippen molar-refractivity contribution in [1.29, 1.82) is 0 Å². The number of carbonyl (C=O) groups is 1. The van der Waals surface area contributed by atoms with Crippen LogP contribution >= 0.6 is 0 Å². The highest BCUT2D eigenvalue weighted by Crippen LogP contribution is 2.38. The smallest absolute Gasteiger partial charge is 0.286 e. The number of benzene rings is 1. The van der Waals surface area contributed by atoms with Gasteiger partial charge in [-0.25, -0.2) is 10.1 Å². The molecule has 114 valence electrons. The second kappa shape index (κ2) is 6.03. The minimum atomic E-state index is -0.636. The third-order valence-electron chi connectivity index (χ3n) is 3.47. The lowest BCUT2D eigenvalue weighted by atomic mass is 9.96. The van der Waals surface area contributed by atoms with Crippen LogP contribution in [0.5, 0.6) is 0 Å². The molecule has 3 rings (SSSR count). The summed E-state index contributed by atoms with van der Waals surface area (Å²) in [6, 6.07) is 7.24. The molecule has 2 atom stereocenters. The molecule has 2 heterocycles. The third-order valence-corrected chi connectivity index (χ3v) is 3.47. The average molecular weight is 299 g/mol. The van der Waals surface area contributed by atoms with Crippen LogP contribution in [0.4, 0.5) is 5.69 Å². The molecule has 2 unspecified atom stereocenters. The number of hydroxylamine groups is 2. The highest BCUT2D eigenvalue weighted by molar-refractivity contribution is 6.37. The second-order valence-corrected chi connectivity index (χ2v) is 4.86. The molecular weight excluding hydrogens is 282 g/mol. The molecule has 0 radical (unpaired) electrons. The second-order valence-electron chi connectivity index (χ2n) is 4.86. The number of amides is 1. The fourth-order valence-electron chi connectivity index (χ4n) is 2.60. The van der Waals surface area contributed by atoms with Crippen molar-refractivity contribution < 1.29 is 14.4 Å². The maximum atomic E-state index is 11.8. The normalized spacial score (nSPS) is 22.8. The molecule has 6 nitrogen and oxygen atoms in total. The molecule has 2 aliphatic rings. The Balaban J connectivity index is 2.10. The fourth-order valence-corrected chi connectivity index (χ4v) is 2.60. The van der Waals surface area contributed by atoms with Crippen LogP contribution in [0.15, 0.2) is 53.7 Å². The molecule has 1 aromatic carbocycles. The predicted molar refractivity (Wildman–Crippen MR) is 82.1 cm³/mol. The molecule has 22 heavy (non-hydrogen) atoms. The van der Waals surface area contributed by atoms with Gasteiger partial charge in [0.15, 0.2) is 0 Å². The Kier molecular flexibility index (Phi) is 3.93. The molecule has 1 amide bonds. The Labute approximate surface area is 128 Å². The minimum absolute atomic E-state index is 0.0807. The quantitative estimate of drug-likeness (QED) is 0.922. The van der Waals surface area contributed by atoms with Crippen molar-refractivity contribution >= 4 is 17.4 Å². The van der Waals surface area contributed by atoms with Gasteiger partial charge in [0.2, 0.25) is 5.84 Å². The van der Waals surface area contributed by atoms with Crippen LogP contribution in [0.1, 0.15) is 18.5 Å². The van der Waals surface area contributed by atoms with Gasteiger partial charge in [-0.3, -0.25) is 9.63 Å². The Morgan fingerprint density at radius 1 is 1.41 bits per heavy atom. The van der Waals surface area contributed by atoms with Gasteiger partial charge in [-0.15, -0.1) is 0 Å². The maximum absolute atomic E-state index is 11.8. The summed E-state index contributed by atoms with van der Waals surface area (Å²) in [6.07, 6.45) is 6.93. The zero-order valence-corrected chi connectivity index (χ0v) is 12.2. The van der Waals surface area contributed by atoms with Gasteiger partial charge < -0.3 is 10.5 Å². The molecule has 0 saturated carbocycles. The van der Waals surface area contributed by atoms with Gasteiger partial charge in [0.1, 0.15) is 12.1 Å². The van der Waals surface area contributed by atoms with E-state index in [2.05, 4.69) is 4.99 Å². The number of para-hydroxylation sites is 1. The highest BCUT2D eigenvalue weighted by atomic mass is 16.7. The monoisotopic (exact) mass is 299 g/mol. The number of rotatable bonds is 4. The standard InChI is InChI=1S/C16H17N3O3/c1-2-22-19-14(13-9-5-6-10-21-13)11-7-3-4-8-12(11)18-16(19)15(17)20/h3-10,13-14H,2H2,1H3,(H2,17,20). The summed E-state index contributed by atoms with van der Waals surface area (Å²) in [6.45, 7) is 2.23. The maximum Gasteiger partial charge on any atom is 0.286 e. The van der Waals surface area contributed by atoms with Gasteiger partial charge in [0, 0.05) is 5.56 Å². The molecule has 1 aromatic rings. The lowest BCUT2D eigenvalue weighted by molar-refractivity contribution is -0.151. The molecule has 6 heteroatoms. The van der Waals surface area contributed by atoms with E-state index in [-0.39, 0.29) is 18.0 Å². The lowest BCUT2D eigenvalue weighted by Gasteiger charge is -2.38. The number of hydrogen-bond donors (Lipinski definition) is 1. The number of allylic oxidation sites excluding steroid dienone is 2. The molecular formula is C16H17N3O3. The zero-order valence-electron chi connectivity index (χ0n) is 12.2. The van der Waals surface area contributed by atoms with Crippen molar-refractivity contribution in [2.24, 2.45) is 10.7 Å². The molecule has 0 saturated heterocycles. The first-order valence-electron chi connectivity index (χ1n) is 7.10. The summed E-state index contributed by atoms with van der Waals surface area (Å²) in [4.78, 5) is 21.8. The number of aliphatic imine (C=N–C) groups is 1. The number of amidine groups is 1. The number of carbonyl (C=O) groups excluding carboxylic acids is 1. The molecule has 0 bridgehead atoms. The van der Waals surface area contributed by atoms with Gasteiger partial charge >= 0.3 is 0 Å². The van der Waals surface area contributed by atoms with Gasteiger partial charge in [0.05, 0.1) is 18.6 Å². The number of nitrogens with two attached hydrogens (primary N) is 1. The SMILES string of the molecule is CCON1C(C(N)=O)=Nc2ccccc2C1C1C=CC=CO1. The van der Waals surface area contributed by atoms with Crippen molar-refractivity contribution in [1.82, 2.24) is 5.06 Å². The molecule has 2 N–H and O–H groups in total. The summed E-state index contributed by atoms with van der Waals surface area (Å²) < 4.78 is 5.68. The first kappa shape index (κ1) is 14.3. The summed E-state index contributed by atoms with van der Waals surface area (Å²) in [5, 5.41) is 1.46. The molecule has 0 aromatic heterocycles. The fraction of sp³-hybridized carbons (Fsp3) is 0.250. The Morgan fingerprint density at radius 2 is 2.23 bits per heavy atom. The van der Waals surface area contributed by atoms with Crippen LogP contribution in [0.25, 0.3) is 0 Å². The lowest BCUT2D eigenvalue weighted by Crippen LogP contribution is -2.48.